The molecule has 4 nitrogen and oxygen atoms in total. The van der Waals surface area contributed by atoms with Gasteiger partial charge in [0, 0.05) is 13.1 Å². The number of nitrogens with one attached hydrogen (secondary N) is 1. The molecule has 1 aromatic rings. The summed E-state index contributed by atoms with van der Waals surface area (Å²) in [4.78, 5) is 14.4. The fraction of sp³-hybridized carbons (Fsp3) is 0.556. The maximum Gasteiger partial charge on any atom is 0.240 e. The number of likely N-dealkylation sites (tertiary alicyclic amines) is 1. The van der Waals surface area contributed by atoms with Crippen molar-refractivity contribution >= 4 is 18.3 Å². The molecule has 2 saturated heterocycles. The number of hydrogen-bond donors (Lipinski definition) is 1. The average molecular weight is 334 g/mol. The maximum absolute atomic E-state index is 12.6. The zero-order valence-electron chi connectivity index (χ0n) is 13.7. The Morgan fingerprint density at radius 2 is 2.13 bits per heavy atom. The Morgan fingerprint density at radius 1 is 1.35 bits per heavy atom. The molecule has 2 aliphatic heterocycles. The number of hydrogen-bond acceptors (Lipinski definition) is 3. The highest BCUT2D eigenvalue weighted by atomic mass is 35.5. The Kier molecular flexibility index (Phi) is 5.67. The molecule has 2 aliphatic rings. The summed E-state index contributed by atoms with van der Waals surface area (Å²) in [5.41, 5.74) is 3.91. The molecule has 0 spiro atoms. The Labute approximate surface area is 144 Å². The number of nitrogens with zero attached hydrogens (tertiary/aromatic N) is 2. The molecule has 2 fully saturated rings. The second-order valence-corrected chi connectivity index (χ2v) is 6.56. The Balaban J connectivity index is 0.00000192. The lowest BCUT2D eigenvalue weighted by molar-refractivity contribution is -0.133. The lowest BCUT2D eigenvalue weighted by atomic mass is 9.93. The van der Waals surface area contributed by atoms with Gasteiger partial charge < -0.3 is 10.2 Å². The Morgan fingerprint density at radius 3 is 2.83 bits per heavy atom. The maximum atomic E-state index is 12.6. The van der Waals surface area contributed by atoms with E-state index in [9.17, 15) is 4.79 Å². The van der Waals surface area contributed by atoms with Gasteiger partial charge in [-0.2, -0.15) is 5.26 Å². The minimum Gasteiger partial charge on any atom is -0.325 e. The number of carbonyl (C=O) groups excluding carboxylic acids is 1. The predicted octanol–water partition coefficient (Wildman–Crippen LogP) is 2.69. The molecule has 1 amide bonds. The normalized spacial score (nSPS) is 26.7. The van der Waals surface area contributed by atoms with Gasteiger partial charge >= 0.3 is 0 Å². The molecule has 1 N–H and O–H groups in total. The molecule has 3 rings (SSSR count). The summed E-state index contributed by atoms with van der Waals surface area (Å²) >= 11 is 0. The van der Waals surface area contributed by atoms with Gasteiger partial charge in [-0.25, -0.2) is 0 Å². The first kappa shape index (κ1) is 17.8. The van der Waals surface area contributed by atoms with Crippen molar-refractivity contribution in [2.75, 3.05) is 13.1 Å². The molecule has 124 valence electrons. The fourth-order valence-corrected chi connectivity index (χ4v) is 3.56. The zero-order chi connectivity index (χ0) is 15.7. The SMILES string of the molecule is Cc1ccc([C@@H]2CN[C@H](C(=O)N3CCC[C@H]3C#N)C2)cc1C.Cl. The number of rotatable bonds is 2. The lowest BCUT2D eigenvalue weighted by Crippen LogP contribution is -2.45. The molecule has 5 heteroatoms. The van der Waals surface area contributed by atoms with Gasteiger partial charge in [-0.1, -0.05) is 18.2 Å². The monoisotopic (exact) mass is 333 g/mol. The van der Waals surface area contributed by atoms with Gasteiger partial charge in [-0.3, -0.25) is 4.79 Å². The van der Waals surface area contributed by atoms with E-state index in [2.05, 4.69) is 43.4 Å². The zero-order valence-corrected chi connectivity index (χ0v) is 14.5. The number of halogens is 1. The van der Waals surface area contributed by atoms with E-state index in [1.54, 1.807) is 4.90 Å². The van der Waals surface area contributed by atoms with Gasteiger partial charge in [0.15, 0.2) is 0 Å². The minimum absolute atomic E-state index is 0. The van der Waals surface area contributed by atoms with Crippen molar-refractivity contribution in [2.45, 2.75) is 51.1 Å². The second-order valence-electron chi connectivity index (χ2n) is 6.56. The van der Waals surface area contributed by atoms with Gasteiger partial charge in [-0.05, 0) is 55.7 Å². The van der Waals surface area contributed by atoms with Crippen LogP contribution in [-0.2, 0) is 4.79 Å². The number of carbonyl (C=O) groups is 1. The fourth-order valence-electron chi connectivity index (χ4n) is 3.56. The van der Waals surface area contributed by atoms with Crippen LogP contribution in [0.4, 0.5) is 0 Å². The quantitative estimate of drug-likeness (QED) is 0.905. The first-order valence-corrected chi connectivity index (χ1v) is 8.11. The van der Waals surface area contributed by atoms with Gasteiger partial charge in [0.25, 0.3) is 0 Å². The van der Waals surface area contributed by atoms with Crippen LogP contribution in [0.2, 0.25) is 0 Å². The molecule has 3 atom stereocenters. The van der Waals surface area contributed by atoms with E-state index in [1.807, 2.05) is 0 Å². The van der Waals surface area contributed by atoms with E-state index in [0.717, 1.165) is 32.4 Å². The van der Waals surface area contributed by atoms with E-state index in [-0.39, 0.29) is 30.4 Å². The van der Waals surface area contributed by atoms with Crippen LogP contribution in [0.15, 0.2) is 18.2 Å². The molecule has 0 saturated carbocycles. The van der Waals surface area contributed by atoms with Crippen LogP contribution in [0.5, 0.6) is 0 Å². The third-order valence-corrected chi connectivity index (χ3v) is 5.12. The van der Waals surface area contributed by atoms with Crippen molar-refractivity contribution in [1.29, 1.82) is 5.26 Å². The van der Waals surface area contributed by atoms with Crippen LogP contribution < -0.4 is 5.32 Å². The van der Waals surface area contributed by atoms with Crippen molar-refractivity contribution in [2.24, 2.45) is 0 Å². The van der Waals surface area contributed by atoms with E-state index >= 15 is 0 Å². The largest absolute Gasteiger partial charge is 0.325 e. The molecule has 1 aromatic carbocycles. The second kappa shape index (κ2) is 7.33. The lowest BCUT2D eigenvalue weighted by Gasteiger charge is -2.23. The van der Waals surface area contributed by atoms with Crippen LogP contribution >= 0.6 is 12.4 Å². The van der Waals surface area contributed by atoms with Crippen molar-refractivity contribution in [3.8, 4) is 6.07 Å². The van der Waals surface area contributed by atoms with Crippen molar-refractivity contribution < 1.29 is 4.79 Å². The summed E-state index contributed by atoms with van der Waals surface area (Å²) in [7, 11) is 0. The molecule has 0 aliphatic carbocycles. The van der Waals surface area contributed by atoms with Crippen LogP contribution in [0.3, 0.4) is 0 Å². The number of amides is 1. The molecular weight excluding hydrogens is 310 g/mol. The van der Waals surface area contributed by atoms with E-state index in [1.165, 1.54) is 16.7 Å². The smallest absolute Gasteiger partial charge is 0.240 e. The topological polar surface area (TPSA) is 56.1 Å². The summed E-state index contributed by atoms with van der Waals surface area (Å²) in [6.45, 7) is 5.81. The van der Waals surface area contributed by atoms with Crippen molar-refractivity contribution in [3.05, 3.63) is 34.9 Å². The summed E-state index contributed by atoms with van der Waals surface area (Å²) in [6.07, 6.45) is 2.59. The average Bonchev–Trinajstić information content (AvgIpc) is 3.17. The van der Waals surface area contributed by atoms with E-state index in [0.29, 0.717) is 5.92 Å². The molecule has 0 bridgehead atoms. The molecule has 0 unspecified atom stereocenters. The van der Waals surface area contributed by atoms with Crippen LogP contribution in [0, 0.1) is 25.2 Å². The highest BCUT2D eigenvalue weighted by Crippen LogP contribution is 2.29. The Bertz CT molecular complexity index is 625. The molecule has 23 heavy (non-hydrogen) atoms. The number of aryl methyl sites for hydroxylation is 2. The molecule has 0 radical (unpaired) electrons. The predicted molar refractivity (Wildman–Crippen MR) is 92.7 cm³/mol. The minimum atomic E-state index is -0.227. The van der Waals surface area contributed by atoms with Crippen molar-refractivity contribution in [1.82, 2.24) is 10.2 Å². The number of benzene rings is 1. The summed E-state index contributed by atoms with van der Waals surface area (Å²) in [6, 6.07) is 8.46. The van der Waals surface area contributed by atoms with Crippen molar-refractivity contribution in [3.63, 3.8) is 0 Å². The highest BCUT2D eigenvalue weighted by Gasteiger charge is 2.37. The van der Waals surface area contributed by atoms with E-state index < -0.39 is 0 Å². The highest BCUT2D eigenvalue weighted by molar-refractivity contribution is 5.85. The van der Waals surface area contributed by atoms with Gasteiger partial charge in [0.1, 0.15) is 6.04 Å². The number of nitriles is 1. The molecule has 0 aromatic heterocycles. The van der Waals surface area contributed by atoms with Gasteiger partial charge in [0.05, 0.1) is 12.1 Å². The first-order valence-electron chi connectivity index (χ1n) is 8.11. The first-order chi connectivity index (χ1) is 10.6. The Hall–Kier alpha value is -1.57. The summed E-state index contributed by atoms with van der Waals surface area (Å²) < 4.78 is 0. The third-order valence-electron chi connectivity index (χ3n) is 5.12. The van der Waals surface area contributed by atoms with Gasteiger partial charge in [0.2, 0.25) is 5.91 Å². The van der Waals surface area contributed by atoms with Gasteiger partial charge in [-0.15, -0.1) is 12.4 Å². The standard InChI is InChI=1S/C18H23N3O.ClH/c1-12-5-6-14(8-13(12)2)15-9-17(20-11-15)18(22)21-7-3-4-16(21)10-19;/h5-6,8,15-17,20H,3-4,7,9,11H2,1-2H3;1H/t15-,16-,17-;/m0./s1. The van der Waals surface area contributed by atoms with Crippen LogP contribution in [-0.4, -0.2) is 36.0 Å². The third kappa shape index (κ3) is 3.52. The van der Waals surface area contributed by atoms with Crippen LogP contribution in [0.25, 0.3) is 0 Å². The molecule has 2 heterocycles. The summed E-state index contributed by atoms with van der Waals surface area (Å²) in [5, 5.41) is 12.5. The van der Waals surface area contributed by atoms with E-state index in [4.69, 9.17) is 5.26 Å². The summed E-state index contributed by atoms with van der Waals surface area (Å²) in [5.74, 6) is 0.492. The molecular formula is C18H24ClN3O. The van der Waals surface area contributed by atoms with Crippen LogP contribution in [0.1, 0.15) is 41.9 Å².